The first-order valence-electron chi connectivity index (χ1n) is 13.3. The Morgan fingerprint density at radius 3 is 2.58 bits per heavy atom. The number of sulfonamides is 1. The molecule has 2 aliphatic rings. The van der Waals surface area contributed by atoms with Crippen LogP contribution >= 0.6 is 22.6 Å². The summed E-state index contributed by atoms with van der Waals surface area (Å²) in [4.78, 5) is 30.8. The lowest BCUT2D eigenvalue weighted by Crippen LogP contribution is -2.57. The summed E-state index contributed by atoms with van der Waals surface area (Å²) in [5, 5.41) is 0.811. The predicted octanol–water partition coefficient (Wildman–Crippen LogP) is 4.28. The van der Waals surface area contributed by atoms with Crippen LogP contribution in [0, 0.1) is 0 Å². The molecule has 3 aromatic rings. The molecule has 0 spiro atoms. The normalized spacial score (nSPS) is 19.8. The summed E-state index contributed by atoms with van der Waals surface area (Å²) in [5.74, 6) is -0.388. The van der Waals surface area contributed by atoms with E-state index < -0.39 is 21.6 Å². The zero-order valence-electron chi connectivity index (χ0n) is 22.5. The summed E-state index contributed by atoms with van der Waals surface area (Å²) in [6.45, 7) is 2.89. The second kappa shape index (κ2) is 11.7. The van der Waals surface area contributed by atoms with Crippen molar-refractivity contribution < 1.29 is 27.5 Å². The molecule has 1 unspecified atom stereocenters. The first kappa shape index (κ1) is 28.9. The van der Waals surface area contributed by atoms with Crippen LogP contribution in [-0.2, 0) is 24.3 Å². The topological polar surface area (TPSA) is 106 Å². The number of alkyl halides is 1. The minimum absolute atomic E-state index is 0.0210. The molecule has 11 heteroatoms. The minimum Gasteiger partial charge on any atom is -0.462 e. The molecule has 1 aliphatic carbocycles. The Balaban J connectivity index is 1.27. The predicted molar refractivity (Wildman–Crippen MR) is 160 cm³/mol. The number of carbonyl (C=O) groups excluding carboxylic acids is 2. The molecule has 2 aromatic carbocycles. The molecule has 0 bridgehead atoms. The van der Waals surface area contributed by atoms with Gasteiger partial charge in [0.1, 0.15) is 6.61 Å². The van der Waals surface area contributed by atoms with Gasteiger partial charge in [-0.2, -0.15) is 0 Å². The van der Waals surface area contributed by atoms with E-state index in [0.29, 0.717) is 35.6 Å². The maximum atomic E-state index is 13.4. The molecule has 2 heterocycles. The Labute approximate surface area is 248 Å². The van der Waals surface area contributed by atoms with Crippen LogP contribution in [0.3, 0.4) is 0 Å². The first-order valence-corrected chi connectivity index (χ1v) is 16.3. The molecule has 0 radical (unpaired) electrons. The van der Waals surface area contributed by atoms with Crippen LogP contribution in [-0.4, -0.2) is 83.9 Å². The van der Waals surface area contributed by atoms with Gasteiger partial charge >= 0.3 is 5.97 Å². The van der Waals surface area contributed by atoms with Crippen LogP contribution in [0.1, 0.15) is 36.5 Å². The molecule has 1 aromatic heterocycles. The molecule has 1 saturated heterocycles. The van der Waals surface area contributed by atoms with E-state index in [1.54, 1.807) is 44.3 Å². The Morgan fingerprint density at radius 1 is 1.18 bits per heavy atom. The number of ether oxygens (including phenoxy) is 2. The third-order valence-electron chi connectivity index (χ3n) is 7.49. The standard InChI is InChI=1S/C29H32IN3O6S/c1-3-38-28(35)23-14-22-5-4-21(15-26(22)31-16-23)20-6-10-25(11-7-20)40(36,37)32(2)13-12-29(18-30)19-33(24-8-9-24)27(34)17-39-29/h4-7,10-11,14-16,24H,3,8-9,12-13,17-19H2,1-2H3. The van der Waals surface area contributed by atoms with E-state index in [4.69, 9.17) is 9.47 Å². The molecular formula is C29H32IN3O6S. The Kier molecular flexibility index (Phi) is 8.46. The van der Waals surface area contributed by atoms with Crippen LogP contribution in [0.5, 0.6) is 0 Å². The lowest BCUT2D eigenvalue weighted by molar-refractivity contribution is -0.161. The van der Waals surface area contributed by atoms with Gasteiger partial charge in [-0.25, -0.2) is 17.5 Å². The SMILES string of the molecule is CCOC(=O)c1cnc2cc(-c3ccc(S(=O)(=O)N(C)CCC4(CI)CN(C5CC5)C(=O)CO4)cc3)ccc2c1. The highest BCUT2D eigenvalue weighted by atomic mass is 127. The van der Waals surface area contributed by atoms with Crippen LogP contribution in [0.4, 0.5) is 0 Å². The number of halogens is 1. The van der Waals surface area contributed by atoms with Crippen molar-refractivity contribution in [3.63, 3.8) is 0 Å². The summed E-state index contributed by atoms with van der Waals surface area (Å²) in [6.07, 6.45) is 4.05. The molecule has 5 rings (SSSR count). The quantitative estimate of drug-likeness (QED) is 0.179. The summed E-state index contributed by atoms with van der Waals surface area (Å²) < 4.78 is 39.8. The van der Waals surface area contributed by atoms with Crippen molar-refractivity contribution in [3.8, 4) is 11.1 Å². The second-order valence-electron chi connectivity index (χ2n) is 10.3. The fourth-order valence-electron chi connectivity index (χ4n) is 4.87. The van der Waals surface area contributed by atoms with Crippen LogP contribution in [0.15, 0.2) is 59.6 Å². The van der Waals surface area contributed by atoms with E-state index in [-0.39, 0.29) is 24.0 Å². The lowest BCUT2D eigenvalue weighted by atomic mass is 9.99. The number of hydrogen-bond donors (Lipinski definition) is 0. The largest absolute Gasteiger partial charge is 0.462 e. The Hall–Kier alpha value is -2.61. The van der Waals surface area contributed by atoms with Crippen molar-refractivity contribution in [2.24, 2.45) is 0 Å². The van der Waals surface area contributed by atoms with E-state index in [2.05, 4.69) is 27.6 Å². The van der Waals surface area contributed by atoms with Crippen LogP contribution in [0.25, 0.3) is 22.0 Å². The number of fused-ring (bicyclic) bond motifs is 1. The van der Waals surface area contributed by atoms with Crippen molar-refractivity contribution in [1.29, 1.82) is 0 Å². The summed E-state index contributed by atoms with van der Waals surface area (Å²) >= 11 is 2.27. The number of carbonyl (C=O) groups is 2. The monoisotopic (exact) mass is 677 g/mol. The molecule has 1 amide bonds. The maximum absolute atomic E-state index is 13.4. The molecule has 1 aliphatic heterocycles. The van der Waals surface area contributed by atoms with Gasteiger partial charge in [0.15, 0.2) is 0 Å². The van der Waals surface area contributed by atoms with Crippen LogP contribution < -0.4 is 0 Å². The zero-order chi connectivity index (χ0) is 28.5. The second-order valence-corrected chi connectivity index (χ2v) is 13.1. The number of benzene rings is 2. The van der Waals surface area contributed by atoms with E-state index in [1.807, 2.05) is 23.1 Å². The molecule has 1 atom stereocenters. The molecule has 212 valence electrons. The van der Waals surface area contributed by atoms with Crippen LogP contribution in [0.2, 0.25) is 0 Å². The molecule has 9 nitrogen and oxygen atoms in total. The van der Waals surface area contributed by atoms with Gasteiger partial charge in [-0.1, -0.05) is 46.9 Å². The number of morpholine rings is 1. The molecule has 1 saturated carbocycles. The van der Waals surface area contributed by atoms with Gasteiger partial charge in [-0.15, -0.1) is 0 Å². The highest BCUT2D eigenvalue weighted by Gasteiger charge is 2.44. The summed E-state index contributed by atoms with van der Waals surface area (Å²) in [7, 11) is -2.14. The Bertz CT molecular complexity index is 1530. The third-order valence-corrected chi connectivity index (χ3v) is 10.7. The zero-order valence-corrected chi connectivity index (χ0v) is 25.5. The van der Waals surface area contributed by atoms with Crippen molar-refractivity contribution in [3.05, 3.63) is 60.3 Å². The average molecular weight is 678 g/mol. The van der Waals surface area contributed by atoms with Gasteiger partial charge in [0.05, 0.1) is 34.7 Å². The van der Waals surface area contributed by atoms with Gasteiger partial charge in [0, 0.05) is 35.6 Å². The summed E-state index contributed by atoms with van der Waals surface area (Å²) in [6, 6.07) is 14.5. The van der Waals surface area contributed by atoms with Crippen molar-refractivity contribution >= 4 is 55.4 Å². The average Bonchev–Trinajstić information content (AvgIpc) is 3.82. The number of esters is 1. The van der Waals surface area contributed by atoms with E-state index in [0.717, 1.165) is 34.9 Å². The highest BCUT2D eigenvalue weighted by molar-refractivity contribution is 14.1. The fourth-order valence-corrected chi connectivity index (χ4v) is 6.88. The molecule has 40 heavy (non-hydrogen) atoms. The molecule has 2 fully saturated rings. The minimum atomic E-state index is -3.72. The number of nitrogens with zero attached hydrogens (tertiary/aromatic N) is 3. The first-order chi connectivity index (χ1) is 19.2. The number of pyridine rings is 1. The number of hydrogen-bond acceptors (Lipinski definition) is 7. The Morgan fingerprint density at radius 2 is 1.90 bits per heavy atom. The summed E-state index contributed by atoms with van der Waals surface area (Å²) in [5.41, 5.74) is 2.30. The van der Waals surface area contributed by atoms with Crippen molar-refractivity contribution in [2.45, 2.75) is 42.7 Å². The number of amides is 1. The fraction of sp³-hybridized carbons (Fsp3) is 0.414. The molecular weight excluding hydrogens is 645 g/mol. The smallest absolute Gasteiger partial charge is 0.339 e. The van der Waals surface area contributed by atoms with Gasteiger partial charge in [0.2, 0.25) is 15.9 Å². The van der Waals surface area contributed by atoms with Crippen molar-refractivity contribution in [1.82, 2.24) is 14.2 Å². The number of aromatic nitrogens is 1. The number of rotatable bonds is 10. The van der Waals surface area contributed by atoms with Gasteiger partial charge in [-0.3, -0.25) is 9.78 Å². The van der Waals surface area contributed by atoms with Gasteiger partial charge in [-0.05, 0) is 61.6 Å². The van der Waals surface area contributed by atoms with Gasteiger partial charge < -0.3 is 14.4 Å². The lowest BCUT2D eigenvalue weighted by Gasteiger charge is -2.42. The third kappa shape index (κ3) is 6.02. The maximum Gasteiger partial charge on any atom is 0.339 e. The van der Waals surface area contributed by atoms with Crippen molar-refractivity contribution in [2.75, 3.05) is 37.8 Å². The van der Waals surface area contributed by atoms with E-state index >= 15 is 0 Å². The van der Waals surface area contributed by atoms with Gasteiger partial charge in [0.25, 0.3) is 0 Å². The molecule has 0 N–H and O–H groups in total. The van der Waals surface area contributed by atoms with E-state index in [9.17, 15) is 18.0 Å². The van der Waals surface area contributed by atoms with E-state index in [1.165, 1.54) is 10.5 Å². The highest BCUT2D eigenvalue weighted by Crippen LogP contribution is 2.34.